The lowest BCUT2D eigenvalue weighted by Gasteiger charge is -2.15. The minimum Gasteiger partial charge on any atom is -0.361 e. The average Bonchev–Trinajstić information content (AvgIpc) is 2.62. The SMILES string of the molecule is Cc1nc(/C=C/C(=O)Cl)cn1COCC[Si](C)(C)C.Cl. The summed E-state index contributed by atoms with van der Waals surface area (Å²) in [7, 11) is -1.04. The lowest BCUT2D eigenvalue weighted by atomic mass is 10.4. The summed E-state index contributed by atoms with van der Waals surface area (Å²) in [5.74, 6) is 0.856. The lowest BCUT2D eigenvalue weighted by Crippen LogP contribution is -2.22. The molecule has 0 aliphatic heterocycles. The summed E-state index contributed by atoms with van der Waals surface area (Å²) in [6, 6.07) is 1.15. The third-order valence-electron chi connectivity index (χ3n) is 2.61. The summed E-state index contributed by atoms with van der Waals surface area (Å²) < 4.78 is 7.58. The van der Waals surface area contributed by atoms with Crippen LogP contribution in [0.4, 0.5) is 0 Å². The molecule has 0 unspecified atom stereocenters. The largest absolute Gasteiger partial charge is 0.361 e. The maximum atomic E-state index is 10.6. The second kappa shape index (κ2) is 8.62. The van der Waals surface area contributed by atoms with Gasteiger partial charge in [0, 0.05) is 20.9 Å². The van der Waals surface area contributed by atoms with Crippen LogP contribution in [0.1, 0.15) is 11.5 Å². The minimum atomic E-state index is -1.04. The Balaban J connectivity index is 0.00000361. The summed E-state index contributed by atoms with van der Waals surface area (Å²) in [4.78, 5) is 14.9. The quantitative estimate of drug-likeness (QED) is 0.330. The number of aromatic nitrogens is 2. The van der Waals surface area contributed by atoms with Gasteiger partial charge in [0.1, 0.15) is 12.6 Å². The zero-order valence-corrected chi connectivity index (χ0v) is 14.9. The maximum absolute atomic E-state index is 10.6. The van der Waals surface area contributed by atoms with E-state index in [1.807, 2.05) is 17.7 Å². The van der Waals surface area contributed by atoms with Crippen molar-refractivity contribution >= 4 is 43.4 Å². The number of allylic oxidation sites excluding steroid dienone is 1. The van der Waals surface area contributed by atoms with Crippen LogP contribution in [0.5, 0.6) is 0 Å². The summed E-state index contributed by atoms with van der Waals surface area (Å²) in [6.07, 6.45) is 4.74. The zero-order valence-electron chi connectivity index (χ0n) is 12.4. The number of ether oxygens (including phenoxy) is 1. The molecule has 20 heavy (non-hydrogen) atoms. The van der Waals surface area contributed by atoms with Crippen molar-refractivity contribution in [2.45, 2.75) is 39.3 Å². The van der Waals surface area contributed by atoms with E-state index < -0.39 is 13.3 Å². The fraction of sp³-hybridized carbons (Fsp3) is 0.538. The molecule has 0 atom stereocenters. The fourth-order valence-electron chi connectivity index (χ4n) is 1.44. The third kappa shape index (κ3) is 7.84. The van der Waals surface area contributed by atoms with Gasteiger partial charge in [-0.3, -0.25) is 4.79 Å². The molecule has 0 aliphatic rings. The van der Waals surface area contributed by atoms with Gasteiger partial charge in [-0.05, 0) is 36.7 Å². The number of aryl methyl sites for hydroxylation is 1. The second-order valence-corrected chi connectivity index (χ2v) is 11.7. The molecule has 0 bridgehead atoms. The molecule has 4 nitrogen and oxygen atoms in total. The van der Waals surface area contributed by atoms with Gasteiger partial charge in [-0.2, -0.15) is 0 Å². The van der Waals surface area contributed by atoms with Gasteiger partial charge in [0.2, 0.25) is 5.24 Å². The Morgan fingerprint density at radius 2 is 2.15 bits per heavy atom. The molecule has 0 radical (unpaired) electrons. The Hall–Kier alpha value is -0.623. The average molecular weight is 337 g/mol. The first kappa shape index (κ1) is 19.4. The molecule has 1 aromatic rings. The Kier molecular flexibility index (Phi) is 8.35. The molecule has 0 fully saturated rings. The fourth-order valence-corrected chi connectivity index (χ4v) is 2.26. The van der Waals surface area contributed by atoms with E-state index in [-0.39, 0.29) is 12.4 Å². The van der Waals surface area contributed by atoms with Crippen LogP contribution < -0.4 is 0 Å². The number of halogens is 2. The van der Waals surface area contributed by atoms with Crippen LogP contribution >= 0.6 is 24.0 Å². The molecule has 0 aliphatic carbocycles. The number of hydrogen-bond acceptors (Lipinski definition) is 3. The lowest BCUT2D eigenvalue weighted by molar-refractivity contribution is -0.107. The molecule has 1 rings (SSSR count). The monoisotopic (exact) mass is 336 g/mol. The van der Waals surface area contributed by atoms with Gasteiger partial charge >= 0.3 is 0 Å². The predicted octanol–water partition coefficient (Wildman–Crippen LogP) is 3.70. The van der Waals surface area contributed by atoms with Crippen LogP contribution in [0.15, 0.2) is 12.3 Å². The molecular weight excluding hydrogens is 315 g/mol. The summed E-state index contributed by atoms with van der Waals surface area (Å²) >= 11 is 5.24. The topological polar surface area (TPSA) is 44.1 Å². The second-order valence-electron chi connectivity index (χ2n) is 5.67. The molecule has 1 heterocycles. The highest BCUT2D eigenvalue weighted by molar-refractivity contribution is 6.76. The van der Waals surface area contributed by atoms with Gasteiger partial charge in [0.05, 0.1) is 5.69 Å². The molecule has 0 amide bonds. The molecule has 0 spiro atoms. The van der Waals surface area contributed by atoms with Gasteiger partial charge in [0.15, 0.2) is 0 Å². The maximum Gasteiger partial charge on any atom is 0.245 e. The molecule has 0 saturated carbocycles. The summed E-state index contributed by atoms with van der Waals surface area (Å²) in [5.41, 5.74) is 0.709. The van der Waals surface area contributed by atoms with E-state index in [9.17, 15) is 4.79 Å². The Morgan fingerprint density at radius 3 is 2.70 bits per heavy atom. The van der Waals surface area contributed by atoms with Crippen LogP contribution in [-0.4, -0.2) is 29.5 Å². The smallest absolute Gasteiger partial charge is 0.245 e. The van der Waals surface area contributed by atoms with Gasteiger partial charge in [-0.15, -0.1) is 12.4 Å². The van der Waals surface area contributed by atoms with E-state index in [4.69, 9.17) is 16.3 Å². The van der Waals surface area contributed by atoms with Crippen molar-refractivity contribution in [1.82, 2.24) is 9.55 Å². The van der Waals surface area contributed by atoms with Crippen LogP contribution in [-0.2, 0) is 16.3 Å². The minimum absolute atomic E-state index is 0. The number of imidazole rings is 1. The predicted molar refractivity (Wildman–Crippen MR) is 88.2 cm³/mol. The molecular formula is C13H22Cl2N2O2Si. The summed E-state index contributed by atoms with van der Waals surface area (Å²) in [5, 5.41) is -0.501. The van der Waals surface area contributed by atoms with Gasteiger partial charge in [0.25, 0.3) is 0 Å². The summed E-state index contributed by atoms with van der Waals surface area (Å²) in [6.45, 7) is 10.1. The molecule has 0 saturated heterocycles. The van der Waals surface area contributed by atoms with Gasteiger partial charge in [-0.1, -0.05) is 19.6 Å². The van der Waals surface area contributed by atoms with E-state index in [1.165, 1.54) is 6.08 Å². The van der Waals surface area contributed by atoms with E-state index in [1.54, 1.807) is 6.08 Å². The molecule has 0 aromatic carbocycles. The van der Waals surface area contributed by atoms with Crippen LogP contribution in [0, 0.1) is 6.92 Å². The Bertz CT molecular complexity index is 467. The zero-order chi connectivity index (χ0) is 14.5. The van der Waals surface area contributed by atoms with Crippen LogP contribution in [0.2, 0.25) is 25.7 Å². The number of hydrogen-bond donors (Lipinski definition) is 0. The number of nitrogens with zero attached hydrogens (tertiary/aromatic N) is 2. The van der Waals surface area contributed by atoms with E-state index in [0.29, 0.717) is 12.4 Å². The molecule has 0 N–H and O–H groups in total. The molecule has 7 heteroatoms. The Morgan fingerprint density at radius 1 is 1.50 bits per heavy atom. The van der Waals surface area contributed by atoms with Crippen molar-refractivity contribution in [3.63, 3.8) is 0 Å². The first-order valence-electron chi connectivity index (χ1n) is 6.27. The van der Waals surface area contributed by atoms with Crippen molar-refractivity contribution < 1.29 is 9.53 Å². The van der Waals surface area contributed by atoms with Crippen molar-refractivity contribution in [2.24, 2.45) is 0 Å². The highest BCUT2D eigenvalue weighted by Crippen LogP contribution is 2.09. The van der Waals surface area contributed by atoms with Gasteiger partial charge in [-0.25, -0.2) is 4.98 Å². The van der Waals surface area contributed by atoms with E-state index >= 15 is 0 Å². The third-order valence-corrected chi connectivity index (χ3v) is 4.44. The highest BCUT2D eigenvalue weighted by atomic mass is 35.5. The highest BCUT2D eigenvalue weighted by Gasteiger charge is 2.12. The van der Waals surface area contributed by atoms with Crippen molar-refractivity contribution in [3.8, 4) is 0 Å². The van der Waals surface area contributed by atoms with Crippen molar-refractivity contribution in [3.05, 3.63) is 23.8 Å². The molecule has 114 valence electrons. The van der Waals surface area contributed by atoms with Crippen molar-refractivity contribution in [1.29, 1.82) is 0 Å². The van der Waals surface area contributed by atoms with Crippen LogP contribution in [0.3, 0.4) is 0 Å². The number of carbonyl (C=O) groups excluding carboxylic acids is 1. The standard InChI is InChI=1S/C13H21ClN2O2Si.ClH/c1-11-15-12(5-6-13(14)17)9-16(11)10-18-7-8-19(2,3)4;/h5-6,9H,7-8,10H2,1-4H3;1H/b6-5+;. The van der Waals surface area contributed by atoms with Crippen LogP contribution in [0.25, 0.3) is 6.08 Å². The molecule has 1 aromatic heterocycles. The first-order valence-corrected chi connectivity index (χ1v) is 10.4. The van der Waals surface area contributed by atoms with E-state index in [0.717, 1.165) is 18.5 Å². The van der Waals surface area contributed by atoms with Gasteiger partial charge < -0.3 is 9.30 Å². The van der Waals surface area contributed by atoms with E-state index in [2.05, 4.69) is 24.6 Å². The normalized spacial score (nSPS) is 11.7. The first-order chi connectivity index (χ1) is 8.78. The number of rotatable bonds is 7. The van der Waals surface area contributed by atoms with Crippen molar-refractivity contribution in [2.75, 3.05) is 6.61 Å². The Labute approximate surface area is 132 Å². The number of carbonyl (C=O) groups is 1.